The second-order valence-corrected chi connectivity index (χ2v) is 5.34. The van der Waals surface area contributed by atoms with Gasteiger partial charge < -0.3 is 0 Å². The molecular weight excluding hydrogens is 202 g/mol. The van der Waals surface area contributed by atoms with Crippen molar-refractivity contribution in [1.82, 2.24) is 4.98 Å². The molecule has 0 bridgehead atoms. The van der Waals surface area contributed by atoms with Gasteiger partial charge in [-0.25, -0.2) is 4.98 Å². The first-order valence-electron chi connectivity index (χ1n) is 5.09. The van der Waals surface area contributed by atoms with E-state index in [2.05, 4.69) is 50.9 Å². The number of benzene rings is 1. The van der Waals surface area contributed by atoms with Crippen LogP contribution in [-0.4, -0.2) is 4.98 Å². The van der Waals surface area contributed by atoms with Crippen LogP contribution in [0.5, 0.6) is 0 Å². The fraction of sp³-hybridized carbons (Fsp3) is 0.308. The fourth-order valence-electron chi connectivity index (χ4n) is 1.69. The molecule has 0 fully saturated rings. The van der Waals surface area contributed by atoms with Crippen LogP contribution in [0.1, 0.15) is 21.0 Å². The fourth-order valence-corrected chi connectivity index (χ4v) is 2.53. The van der Waals surface area contributed by atoms with E-state index in [1.165, 1.54) is 21.6 Å². The van der Waals surface area contributed by atoms with Crippen molar-refractivity contribution in [2.24, 2.45) is 0 Å². The predicted molar refractivity (Wildman–Crippen MR) is 66.5 cm³/mol. The van der Waals surface area contributed by atoms with Gasteiger partial charge in [0.25, 0.3) is 0 Å². The lowest BCUT2D eigenvalue weighted by Gasteiger charge is -2.03. The Morgan fingerprint density at radius 2 is 1.73 bits per heavy atom. The number of hydrogen-bond donors (Lipinski definition) is 0. The van der Waals surface area contributed by atoms with Gasteiger partial charge in [0.2, 0.25) is 0 Å². The molecule has 0 aliphatic heterocycles. The second-order valence-electron chi connectivity index (χ2n) is 3.94. The standard InChI is InChI=1S/C13H15NS/c1-8-5-6-12(7-9(8)2)13-10(3)15-11(4)14-13/h5-7H,1-4H3. The van der Waals surface area contributed by atoms with E-state index in [4.69, 9.17) is 0 Å². The Bertz CT molecular complexity index is 497. The Labute approximate surface area is 94.8 Å². The third kappa shape index (κ3) is 1.95. The van der Waals surface area contributed by atoms with Crippen LogP contribution in [0.15, 0.2) is 18.2 Å². The maximum Gasteiger partial charge on any atom is 0.0904 e. The molecule has 0 radical (unpaired) electrons. The van der Waals surface area contributed by atoms with Crippen LogP contribution in [0.2, 0.25) is 0 Å². The minimum atomic E-state index is 1.14. The van der Waals surface area contributed by atoms with Crippen molar-refractivity contribution >= 4 is 11.3 Å². The molecule has 2 heteroatoms. The van der Waals surface area contributed by atoms with Crippen LogP contribution in [0.4, 0.5) is 0 Å². The molecule has 2 rings (SSSR count). The Morgan fingerprint density at radius 3 is 2.27 bits per heavy atom. The van der Waals surface area contributed by atoms with Gasteiger partial charge in [0.05, 0.1) is 10.7 Å². The predicted octanol–water partition coefficient (Wildman–Crippen LogP) is 4.04. The lowest BCUT2D eigenvalue weighted by atomic mass is 10.0. The van der Waals surface area contributed by atoms with E-state index < -0.39 is 0 Å². The van der Waals surface area contributed by atoms with Crippen LogP contribution in [0.3, 0.4) is 0 Å². The molecule has 1 nitrogen and oxygen atoms in total. The van der Waals surface area contributed by atoms with Crippen molar-refractivity contribution < 1.29 is 0 Å². The first kappa shape index (κ1) is 10.4. The highest BCUT2D eigenvalue weighted by atomic mass is 32.1. The van der Waals surface area contributed by atoms with Crippen LogP contribution in [0, 0.1) is 27.7 Å². The summed E-state index contributed by atoms with van der Waals surface area (Å²) in [7, 11) is 0. The highest BCUT2D eigenvalue weighted by Gasteiger charge is 2.07. The Balaban J connectivity index is 2.54. The Kier molecular flexibility index (Phi) is 2.61. The highest BCUT2D eigenvalue weighted by Crippen LogP contribution is 2.28. The zero-order chi connectivity index (χ0) is 11.0. The smallest absolute Gasteiger partial charge is 0.0904 e. The maximum atomic E-state index is 4.57. The van der Waals surface area contributed by atoms with E-state index in [0.717, 1.165) is 10.7 Å². The van der Waals surface area contributed by atoms with E-state index in [-0.39, 0.29) is 0 Å². The molecule has 0 amide bonds. The highest BCUT2D eigenvalue weighted by molar-refractivity contribution is 7.11. The first-order valence-corrected chi connectivity index (χ1v) is 5.91. The third-order valence-corrected chi connectivity index (χ3v) is 3.57. The number of thiazole rings is 1. The summed E-state index contributed by atoms with van der Waals surface area (Å²) < 4.78 is 0. The van der Waals surface area contributed by atoms with Crippen molar-refractivity contribution in [3.63, 3.8) is 0 Å². The SMILES string of the molecule is Cc1nc(-c2ccc(C)c(C)c2)c(C)s1. The van der Waals surface area contributed by atoms with E-state index in [1.54, 1.807) is 11.3 Å². The van der Waals surface area contributed by atoms with Crippen LogP contribution in [0.25, 0.3) is 11.3 Å². The summed E-state index contributed by atoms with van der Waals surface area (Å²) in [6.45, 7) is 8.48. The van der Waals surface area contributed by atoms with Gasteiger partial charge in [-0.2, -0.15) is 0 Å². The van der Waals surface area contributed by atoms with Crippen molar-refractivity contribution in [2.45, 2.75) is 27.7 Å². The molecule has 0 aliphatic carbocycles. The minimum absolute atomic E-state index is 1.14. The summed E-state index contributed by atoms with van der Waals surface area (Å²) >= 11 is 1.76. The van der Waals surface area contributed by atoms with Crippen molar-refractivity contribution in [1.29, 1.82) is 0 Å². The molecule has 15 heavy (non-hydrogen) atoms. The average molecular weight is 217 g/mol. The average Bonchev–Trinajstić information content (AvgIpc) is 2.50. The molecule has 0 unspecified atom stereocenters. The molecule has 78 valence electrons. The molecule has 1 heterocycles. The minimum Gasteiger partial charge on any atom is -0.241 e. The van der Waals surface area contributed by atoms with Crippen LogP contribution < -0.4 is 0 Å². The topological polar surface area (TPSA) is 12.9 Å². The van der Waals surface area contributed by atoms with Gasteiger partial charge >= 0.3 is 0 Å². The van der Waals surface area contributed by atoms with Crippen molar-refractivity contribution in [2.75, 3.05) is 0 Å². The van der Waals surface area contributed by atoms with Gasteiger partial charge in [-0.15, -0.1) is 11.3 Å². The molecule has 2 aromatic rings. The van der Waals surface area contributed by atoms with E-state index in [0.29, 0.717) is 0 Å². The largest absolute Gasteiger partial charge is 0.241 e. The molecular formula is C13H15NS. The van der Waals surface area contributed by atoms with Gasteiger partial charge in [0.1, 0.15) is 0 Å². The van der Waals surface area contributed by atoms with E-state index >= 15 is 0 Å². The Hall–Kier alpha value is -1.15. The van der Waals surface area contributed by atoms with Gasteiger partial charge in [0.15, 0.2) is 0 Å². The van der Waals surface area contributed by atoms with Gasteiger partial charge in [-0.1, -0.05) is 12.1 Å². The molecule has 0 saturated heterocycles. The third-order valence-electron chi connectivity index (χ3n) is 2.68. The number of nitrogens with zero attached hydrogens (tertiary/aromatic N) is 1. The molecule has 0 saturated carbocycles. The Morgan fingerprint density at radius 1 is 1.00 bits per heavy atom. The lowest BCUT2D eigenvalue weighted by molar-refractivity contribution is 1.27. The summed E-state index contributed by atoms with van der Waals surface area (Å²) in [5.74, 6) is 0. The quantitative estimate of drug-likeness (QED) is 0.702. The normalized spacial score (nSPS) is 10.7. The molecule has 0 N–H and O–H groups in total. The van der Waals surface area contributed by atoms with Crippen LogP contribution in [-0.2, 0) is 0 Å². The van der Waals surface area contributed by atoms with Crippen molar-refractivity contribution in [3.8, 4) is 11.3 Å². The number of aryl methyl sites for hydroxylation is 4. The molecule has 1 aromatic carbocycles. The van der Waals surface area contributed by atoms with Gasteiger partial charge in [0, 0.05) is 10.4 Å². The lowest BCUT2D eigenvalue weighted by Crippen LogP contribution is -1.85. The summed E-state index contributed by atoms with van der Waals surface area (Å²) in [5.41, 5.74) is 5.04. The zero-order valence-electron chi connectivity index (χ0n) is 9.59. The molecule has 1 aromatic heterocycles. The molecule has 0 spiro atoms. The number of aromatic nitrogens is 1. The van der Waals surface area contributed by atoms with Gasteiger partial charge in [-0.3, -0.25) is 0 Å². The number of rotatable bonds is 1. The van der Waals surface area contributed by atoms with Crippen molar-refractivity contribution in [3.05, 3.63) is 39.2 Å². The zero-order valence-corrected chi connectivity index (χ0v) is 10.4. The molecule has 0 atom stereocenters. The first-order chi connectivity index (χ1) is 7.08. The monoisotopic (exact) mass is 217 g/mol. The van der Waals surface area contributed by atoms with E-state index in [9.17, 15) is 0 Å². The number of hydrogen-bond acceptors (Lipinski definition) is 2. The summed E-state index contributed by atoms with van der Waals surface area (Å²) in [6.07, 6.45) is 0. The summed E-state index contributed by atoms with van der Waals surface area (Å²) in [6, 6.07) is 6.54. The summed E-state index contributed by atoms with van der Waals surface area (Å²) in [5, 5.41) is 1.14. The summed E-state index contributed by atoms with van der Waals surface area (Å²) in [4.78, 5) is 5.87. The van der Waals surface area contributed by atoms with E-state index in [1.807, 2.05) is 0 Å². The molecule has 0 aliphatic rings. The second kappa shape index (κ2) is 3.78. The maximum absolute atomic E-state index is 4.57. The van der Waals surface area contributed by atoms with Crippen LogP contribution >= 0.6 is 11.3 Å². The van der Waals surface area contributed by atoms with Gasteiger partial charge in [-0.05, 0) is 44.9 Å².